The number of benzene rings is 2. The average molecular weight is 379 g/mol. The van der Waals surface area contributed by atoms with Gasteiger partial charge in [-0.2, -0.15) is 0 Å². The lowest BCUT2D eigenvalue weighted by Gasteiger charge is -2.11. The summed E-state index contributed by atoms with van der Waals surface area (Å²) >= 11 is 0. The fourth-order valence-electron chi connectivity index (χ4n) is 2.18. The van der Waals surface area contributed by atoms with Gasteiger partial charge in [-0.3, -0.25) is 0 Å². The van der Waals surface area contributed by atoms with Crippen molar-refractivity contribution in [3.05, 3.63) is 47.5 Å². The fourth-order valence-corrected chi connectivity index (χ4v) is 3.85. The van der Waals surface area contributed by atoms with Crippen molar-refractivity contribution < 1.29 is 16.8 Å². The summed E-state index contributed by atoms with van der Waals surface area (Å²) in [7, 11) is 3.07. The molecule has 22 heavy (non-hydrogen) atoms. The van der Waals surface area contributed by atoms with Gasteiger partial charge in [0.25, 0.3) is 18.1 Å². The first-order valence-corrected chi connectivity index (χ1v) is 10.7. The Morgan fingerprint density at radius 3 is 1.23 bits per heavy atom. The molecule has 0 heterocycles. The van der Waals surface area contributed by atoms with Gasteiger partial charge in [0.15, 0.2) is 0 Å². The summed E-state index contributed by atoms with van der Waals surface area (Å²) in [6.07, 6.45) is 0. The van der Waals surface area contributed by atoms with E-state index >= 15 is 0 Å². The van der Waals surface area contributed by atoms with Crippen LogP contribution in [0.3, 0.4) is 0 Å². The van der Waals surface area contributed by atoms with Crippen LogP contribution in [0.5, 0.6) is 0 Å². The number of hydrogen-bond acceptors (Lipinski definition) is 4. The fraction of sp³-hybridized carbons (Fsp3) is 0.143. The van der Waals surface area contributed by atoms with Crippen LogP contribution in [0, 0.1) is 13.8 Å². The lowest BCUT2D eigenvalue weighted by atomic mass is 9.97. The van der Waals surface area contributed by atoms with Crippen LogP contribution < -0.4 is 0 Å². The third kappa shape index (κ3) is 3.63. The average Bonchev–Trinajstić information content (AvgIpc) is 2.37. The maximum absolute atomic E-state index is 11.3. The summed E-state index contributed by atoms with van der Waals surface area (Å²) < 4.78 is 45.4. The topological polar surface area (TPSA) is 68.3 Å². The minimum Gasteiger partial charge on any atom is -0.207 e. The Morgan fingerprint density at radius 1 is 0.682 bits per heavy atom. The number of halogens is 2. The normalized spacial score (nSPS) is 12.4. The maximum Gasteiger partial charge on any atom is 0.261 e. The minimum absolute atomic E-state index is 0.0213. The lowest BCUT2D eigenvalue weighted by molar-refractivity contribution is 0.608. The van der Waals surface area contributed by atoms with Crippen LogP contribution >= 0.6 is 21.4 Å². The Bertz CT molecular complexity index is 869. The van der Waals surface area contributed by atoms with Crippen molar-refractivity contribution in [2.75, 3.05) is 0 Å². The van der Waals surface area contributed by atoms with Gasteiger partial charge >= 0.3 is 0 Å². The van der Waals surface area contributed by atoms with E-state index in [1.807, 2.05) is 0 Å². The zero-order valence-electron chi connectivity index (χ0n) is 11.7. The molecule has 0 N–H and O–H groups in total. The molecule has 0 aliphatic rings. The largest absolute Gasteiger partial charge is 0.261 e. The molecule has 0 aliphatic carbocycles. The second kappa shape index (κ2) is 5.85. The molecular formula is C14H12Cl2O4S2. The molecule has 0 atom stereocenters. The highest BCUT2D eigenvalue weighted by molar-refractivity contribution is 8.14. The van der Waals surface area contributed by atoms with Gasteiger partial charge in [0.05, 0.1) is 9.79 Å². The molecule has 4 nitrogen and oxygen atoms in total. The van der Waals surface area contributed by atoms with Crippen LogP contribution in [0.4, 0.5) is 0 Å². The Balaban J connectivity index is 2.59. The van der Waals surface area contributed by atoms with E-state index in [0.717, 1.165) is 11.1 Å². The molecule has 0 unspecified atom stereocenters. The molecule has 2 rings (SSSR count). The van der Waals surface area contributed by atoms with Gasteiger partial charge in [0.2, 0.25) is 0 Å². The first-order chi connectivity index (χ1) is 10.00. The van der Waals surface area contributed by atoms with Crippen LogP contribution in [-0.4, -0.2) is 16.8 Å². The quantitative estimate of drug-likeness (QED) is 0.761. The molecule has 0 amide bonds. The first-order valence-electron chi connectivity index (χ1n) is 6.11. The van der Waals surface area contributed by atoms with Gasteiger partial charge in [-0.1, -0.05) is 12.1 Å². The molecule has 0 radical (unpaired) electrons. The zero-order valence-corrected chi connectivity index (χ0v) is 14.8. The van der Waals surface area contributed by atoms with Crippen LogP contribution in [-0.2, 0) is 18.1 Å². The van der Waals surface area contributed by atoms with Crippen molar-refractivity contribution in [1.82, 2.24) is 0 Å². The molecule has 2 aromatic carbocycles. The minimum atomic E-state index is -3.79. The highest BCUT2D eigenvalue weighted by Crippen LogP contribution is 2.31. The standard InChI is InChI=1S/C14H12Cl2O4S2/c1-9-7-11(21(15,17)18)3-5-13(9)14-6-4-12(8-10(14)2)22(16,19)20/h3-8H,1-2H3. The Labute approximate surface area is 138 Å². The molecule has 0 spiro atoms. The lowest BCUT2D eigenvalue weighted by Crippen LogP contribution is -1.96. The Morgan fingerprint density at radius 2 is 1.00 bits per heavy atom. The third-order valence-corrected chi connectivity index (χ3v) is 5.95. The second-order valence-corrected chi connectivity index (χ2v) is 9.96. The van der Waals surface area contributed by atoms with Crippen LogP contribution in [0.2, 0.25) is 0 Å². The molecule has 0 aromatic heterocycles. The Hall–Kier alpha value is -1.08. The molecule has 118 valence electrons. The van der Waals surface area contributed by atoms with E-state index in [2.05, 4.69) is 0 Å². The van der Waals surface area contributed by atoms with Gasteiger partial charge in [-0.15, -0.1) is 0 Å². The molecule has 0 fully saturated rings. The predicted octanol–water partition coefficient (Wildman–Crippen LogP) is 3.83. The highest BCUT2D eigenvalue weighted by Gasteiger charge is 2.15. The van der Waals surface area contributed by atoms with Crippen molar-refractivity contribution in [2.45, 2.75) is 23.6 Å². The van der Waals surface area contributed by atoms with Crippen molar-refractivity contribution >= 4 is 39.5 Å². The summed E-state index contributed by atoms with van der Waals surface area (Å²) in [5.74, 6) is 0. The summed E-state index contributed by atoms with van der Waals surface area (Å²) in [6, 6.07) is 9.06. The van der Waals surface area contributed by atoms with E-state index in [9.17, 15) is 16.8 Å². The van der Waals surface area contributed by atoms with Crippen molar-refractivity contribution in [1.29, 1.82) is 0 Å². The zero-order chi connectivity index (χ0) is 16.7. The molecule has 0 bridgehead atoms. The molecule has 0 saturated carbocycles. The smallest absolute Gasteiger partial charge is 0.207 e. The molecule has 2 aromatic rings. The van der Waals surface area contributed by atoms with Crippen molar-refractivity contribution in [2.24, 2.45) is 0 Å². The van der Waals surface area contributed by atoms with Crippen molar-refractivity contribution in [3.8, 4) is 11.1 Å². The van der Waals surface area contributed by atoms with E-state index in [0.29, 0.717) is 11.1 Å². The van der Waals surface area contributed by atoms with E-state index < -0.39 is 18.1 Å². The predicted molar refractivity (Wildman–Crippen MR) is 87.4 cm³/mol. The van der Waals surface area contributed by atoms with Gasteiger partial charge in [0, 0.05) is 21.4 Å². The molecule has 0 saturated heterocycles. The molecular weight excluding hydrogens is 367 g/mol. The van der Waals surface area contributed by atoms with E-state index in [1.54, 1.807) is 26.0 Å². The number of aryl methyl sites for hydroxylation is 2. The summed E-state index contributed by atoms with van der Waals surface area (Å²) in [5.41, 5.74) is 3.01. The van der Waals surface area contributed by atoms with E-state index in [4.69, 9.17) is 21.4 Å². The Kier molecular flexibility index (Phi) is 4.59. The third-order valence-electron chi connectivity index (χ3n) is 3.25. The van der Waals surface area contributed by atoms with Crippen LogP contribution in [0.15, 0.2) is 46.2 Å². The highest BCUT2D eigenvalue weighted by atomic mass is 35.7. The molecule has 8 heteroatoms. The van der Waals surface area contributed by atoms with E-state index in [1.165, 1.54) is 24.3 Å². The monoisotopic (exact) mass is 378 g/mol. The first kappa shape index (κ1) is 17.3. The van der Waals surface area contributed by atoms with E-state index in [-0.39, 0.29) is 9.79 Å². The van der Waals surface area contributed by atoms with Gasteiger partial charge < -0.3 is 0 Å². The van der Waals surface area contributed by atoms with Crippen LogP contribution in [0.25, 0.3) is 11.1 Å². The van der Waals surface area contributed by atoms with Gasteiger partial charge in [-0.25, -0.2) is 16.8 Å². The molecule has 0 aliphatic heterocycles. The number of hydrogen-bond donors (Lipinski definition) is 0. The maximum atomic E-state index is 11.3. The second-order valence-electron chi connectivity index (χ2n) is 4.83. The van der Waals surface area contributed by atoms with Gasteiger partial charge in [-0.05, 0) is 60.4 Å². The number of rotatable bonds is 3. The van der Waals surface area contributed by atoms with Crippen molar-refractivity contribution in [3.63, 3.8) is 0 Å². The van der Waals surface area contributed by atoms with Gasteiger partial charge in [0.1, 0.15) is 0 Å². The van der Waals surface area contributed by atoms with Crippen LogP contribution in [0.1, 0.15) is 11.1 Å². The summed E-state index contributed by atoms with van der Waals surface area (Å²) in [5, 5.41) is 0. The summed E-state index contributed by atoms with van der Waals surface area (Å²) in [4.78, 5) is 0.0426. The SMILES string of the molecule is Cc1cc(S(=O)(=O)Cl)ccc1-c1ccc(S(=O)(=O)Cl)cc1C. The summed E-state index contributed by atoms with van der Waals surface area (Å²) in [6.45, 7) is 3.51.